The largest absolute Gasteiger partial charge is 0.486 e. The number of halogens is 2. The molecule has 1 unspecified atom stereocenters. The molecule has 0 amide bonds. The van der Waals surface area contributed by atoms with E-state index in [4.69, 9.17) is 4.74 Å². The van der Waals surface area contributed by atoms with Crippen molar-refractivity contribution in [2.24, 2.45) is 0 Å². The Bertz CT molecular complexity index is 553. The van der Waals surface area contributed by atoms with Gasteiger partial charge in [0, 0.05) is 4.47 Å². The second kappa shape index (κ2) is 6.17. The number of aliphatic hydroxyl groups excluding tert-OH is 1. The van der Waals surface area contributed by atoms with Gasteiger partial charge in [-0.25, -0.2) is 4.39 Å². The van der Waals surface area contributed by atoms with E-state index in [1.54, 1.807) is 13.0 Å². The maximum absolute atomic E-state index is 13.7. The van der Waals surface area contributed by atoms with Crippen molar-refractivity contribution in [2.75, 3.05) is 0 Å². The summed E-state index contributed by atoms with van der Waals surface area (Å²) in [6, 6.07) is 12.1. The van der Waals surface area contributed by atoms with Gasteiger partial charge in [-0.15, -0.1) is 0 Å². The van der Waals surface area contributed by atoms with Crippen LogP contribution in [0.25, 0.3) is 0 Å². The van der Waals surface area contributed by atoms with E-state index in [-0.39, 0.29) is 5.75 Å². The van der Waals surface area contributed by atoms with Gasteiger partial charge in [-0.05, 0) is 42.3 Å². The predicted octanol–water partition coefficient (Wildman–Crippen LogP) is 4.22. The second-order valence-corrected chi connectivity index (χ2v) is 5.20. The average Bonchev–Trinajstić information content (AvgIpc) is 2.39. The molecule has 0 saturated carbocycles. The van der Waals surface area contributed by atoms with Crippen LogP contribution in [-0.4, -0.2) is 5.11 Å². The molecule has 0 aromatic heterocycles. The van der Waals surface area contributed by atoms with Crippen LogP contribution in [-0.2, 0) is 6.61 Å². The molecular weight excluding hydrogens is 311 g/mol. The van der Waals surface area contributed by atoms with Crippen LogP contribution in [0.4, 0.5) is 4.39 Å². The van der Waals surface area contributed by atoms with Gasteiger partial charge in [-0.3, -0.25) is 0 Å². The molecule has 2 aromatic carbocycles. The van der Waals surface area contributed by atoms with E-state index < -0.39 is 11.9 Å². The average molecular weight is 325 g/mol. The highest BCUT2D eigenvalue weighted by Gasteiger charge is 2.08. The summed E-state index contributed by atoms with van der Waals surface area (Å²) in [6.07, 6.45) is -0.685. The fourth-order valence-corrected chi connectivity index (χ4v) is 1.90. The molecule has 0 aliphatic carbocycles. The van der Waals surface area contributed by atoms with Crippen LogP contribution in [0.2, 0.25) is 0 Å². The summed E-state index contributed by atoms with van der Waals surface area (Å²) in [4.78, 5) is 0. The molecule has 1 atom stereocenters. The minimum Gasteiger partial charge on any atom is -0.486 e. The first kappa shape index (κ1) is 14.0. The lowest BCUT2D eigenvalue weighted by molar-refractivity contribution is 0.198. The van der Waals surface area contributed by atoms with E-state index in [0.29, 0.717) is 12.2 Å². The molecule has 1 N–H and O–H groups in total. The fourth-order valence-electron chi connectivity index (χ4n) is 1.64. The molecule has 0 saturated heterocycles. The lowest BCUT2D eigenvalue weighted by Crippen LogP contribution is -1.99. The molecule has 2 rings (SSSR count). The van der Waals surface area contributed by atoms with Crippen molar-refractivity contribution in [1.29, 1.82) is 0 Å². The third kappa shape index (κ3) is 3.78. The molecule has 2 aromatic rings. The molecule has 2 nitrogen and oxygen atoms in total. The maximum Gasteiger partial charge on any atom is 0.165 e. The lowest BCUT2D eigenvalue weighted by atomic mass is 10.1. The summed E-state index contributed by atoms with van der Waals surface area (Å²) in [7, 11) is 0. The van der Waals surface area contributed by atoms with Crippen molar-refractivity contribution in [1.82, 2.24) is 0 Å². The molecule has 19 heavy (non-hydrogen) atoms. The highest BCUT2D eigenvalue weighted by molar-refractivity contribution is 9.10. The van der Waals surface area contributed by atoms with Crippen LogP contribution in [0.1, 0.15) is 24.2 Å². The van der Waals surface area contributed by atoms with Crippen molar-refractivity contribution in [3.05, 3.63) is 63.9 Å². The van der Waals surface area contributed by atoms with Gasteiger partial charge < -0.3 is 9.84 Å². The van der Waals surface area contributed by atoms with Crippen molar-refractivity contribution in [3.8, 4) is 5.75 Å². The van der Waals surface area contributed by atoms with Crippen LogP contribution in [0.15, 0.2) is 46.9 Å². The molecule has 0 aliphatic heterocycles. The predicted molar refractivity (Wildman–Crippen MR) is 75.5 cm³/mol. The smallest absolute Gasteiger partial charge is 0.165 e. The van der Waals surface area contributed by atoms with Gasteiger partial charge in [-0.2, -0.15) is 0 Å². The third-order valence-electron chi connectivity index (χ3n) is 2.75. The summed E-state index contributed by atoms with van der Waals surface area (Å²) in [5.41, 5.74) is 1.50. The summed E-state index contributed by atoms with van der Waals surface area (Å²) in [5.74, 6) is -0.275. The Hall–Kier alpha value is -1.39. The standard InChI is InChI=1S/C15H14BrFO2/c1-10(18)12-4-7-15(14(17)8-12)19-9-11-2-5-13(16)6-3-11/h2-8,10,18H,9H2,1H3. The van der Waals surface area contributed by atoms with Crippen molar-refractivity contribution >= 4 is 15.9 Å². The Labute approximate surface area is 120 Å². The molecule has 100 valence electrons. The highest BCUT2D eigenvalue weighted by Crippen LogP contribution is 2.23. The lowest BCUT2D eigenvalue weighted by Gasteiger charge is -2.10. The molecule has 0 aliphatic rings. The normalized spacial score (nSPS) is 12.2. The second-order valence-electron chi connectivity index (χ2n) is 4.28. The molecule has 4 heteroatoms. The number of hydrogen-bond donors (Lipinski definition) is 1. The van der Waals surface area contributed by atoms with Gasteiger partial charge in [0.25, 0.3) is 0 Å². The fraction of sp³-hybridized carbons (Fsp3) is 0.200. The van der Waals surface area contributed by atoms with E-state index >= 15 is 0 Å². The van der Waals surface area contributed by atoms with Gasteiger partial charge >= 0.3 is 0 Å². The van der Waals surface area contributed by atoms with Crippen molar-refractivity contribution in [2.45, 2.75) is 19.6 Å². The quantitative estimate of drug-likeness (QED) is 0.912. The van der Waals surface area contributed by atoms with Gasteiger partial charge in [0.2, 0.25) is 0 Å². The minimum absolute atomic E-state index is 0.187. The van der Waals surface area contributed by atoms with E-state index in [1.807, 2.05) is 24.3 Å². The number of benzene rings is 2. The molecule has 0 radical (unpaired) electrons. The van der Waals surface area contributed by atoms with Gasteiger partial charge in [0.15, 0.2) is 11.6 Å². The molecule has 0 heterocycles. The first-order chi connectivity index (χ1) is 9.06. The number of aliphatic hydroxyl groups is 1. The first-order valence-electron chi connectivity index (χ1n) is 5.91. The summed E-state index contributed by atoms with van der Waals surface area (Å²) >= 11 is 3.35. The SMILES string of the molecule is CC(O)c1ccc(OCc2ccc(Br)cc2)c(F)c1. The maximum atomic E-state index is 13.7. The zero-order valence-corrected chi connectivity index (χ0v) is 12.0. The van der Waals surface area contributed by atoms with E-state index in [9.17, 15) is 9.50 Å². The molecule has 0 bridgehead atoms. The Morgan fingerprint density at radius 3 is 2.47 bits per heavy atom. The van der Waals surface area contributed by atoms with E-state index in [0.717, 1.165) is 10.0 Å². The summed E-state index contributed by atoms with van der Waals surface area (Å²) in [5, 5.41) is 9.36. The molecule has 0 spiro atoms. The minimum atomic E-state index is -0.685. The highest BCUT2D eigenvalue weighted by atomic mass is 79.9. The van der Waals surface area contributed by atoms with E-state index in [2.05, 4.69) is 15.9 Å². The number of hydrogen-bond acceptors (Lipinski definition) is 2. The summed E-state index contributed by atoms with van der Waals surface area (Å²) < 4.78 is 20.1. The zero-order chi connectivity index (χ0) is 13.8. The summed E-state index contributed by atoms with van der Waals surface area (Å²) in [6.45, 7) is 1.90. The van der Waals surface area contributed by atoms with Crippen LogP contribution in [0.5, 0.6) is 5.75 Å². The number of rotatable bonds is 4. The first-order valence-corrected chi connectivity index (χ1v) is 6.70. The Morgan fingerprint density at radius 1 is 1.21 bits per heavy atom. The van der Waals surface area contributed by atoms with Crippen LogP contribution < -0.4 is 4.74 Å². The molecular formula is C15H14BrFO2. The third-order valence-corrected chi connectivity index (χ3v) is 3.27. The zero-order valence-electron chi connectivity index (χ0n) is 10.4. The number of ether oxygens (including phenoxy) is 1. The van der Waals surface area contributed by atoms with Gasteiger partial charge in [0.05, 0.1) is 6.10 Å². The van der Waals surface area contributed by atoms with Gasteiger partial charge in [-0.1, -0.05) is 34.1 Å². The van der Waals surface area contributed by atoms with Gasteiger partial charge in [0.1, 0.15) is 6.61 Å². The monoisotopic (exact) mass is 324 g/mol. The van der Waals surface area contributed by atoms with Crippen LogP contribution in [0.3, 0.4) is 0 Å². The van der Waals surface area contributed by atoms with E-state index in [1.165, 1.54) is 12.1 Å². The Balaban J connectivity index is 2.05. The Morgan fingerprint density at radius 2 is 1.89 bits per heavy atom. The van der Waals surface area contributed by atoms with Crippen LogP contribution >= 0.6 is 15.9 Å². The Kier molecular flexibility index (Phi) is 4.56. The van der Waals surface area contributed by atoms with Crippen molar-refractivity contribution in [3.63, 3.8) is 0 Å². The topological polar surface area (TPSA) is 29.5 Å². The van der Waals surface area contributed by atoms with Crippen molar-refractivity contribution < 1.29 is 14.2 Å². The van der Waals surface area contributed by atoms with Crippen LogP contribution in [0, 0.1) is 5.82 Å². The molecule has 0 fully saturated rings.